The van der Waals surface area contributed by atoms with E-state index < -0.39 is 23.7 Å². The summed E-state index contributed by atoms with van der Waals surface area (Å²) in [6.45, 7) is 8.46. The molecular weight excluding hydrogens is 288 g/mol. The molecule has 0 saturated carbocycles. The van der Waals surface area contributed by atoms with E-state index in [1.54, 1.807) is 25.7 Å². The SMILES string of the molecule is CC1CCN(C(=O)C[C@@H](NC(=O)OC(C)(C)C)C(=O)O)CC1. The quantitative estimate of drug-likeness (QED) is 0.822. The fraction of sp³-hybridized carbons (Fsp3) is 0.800. The van der Waals surface area contributed by atoms with Gasteiger partial charge < -0.3 is 20.1 Å². The van der Waals surface area contributed by atoms with Crippen molar-refractivity contribution >= 4 is 18.0 Å². The Morgan fingerprint density at radius 3 is 2.27 bits per heavy atom. The van der Waals surface area contributed by atoms with Crippen LogP contribution in [0, 0.1) is 5.92 Å². The highest BCUT2D eigenvalue weighted by molar-refractivity contribution is 5.87. The van der Waals surface area contributed by atoms with Gasteiger partial charge in [0.25, 0.3) is 0 Å². The number of rotatable bonds is 4. The highest BCUT2D eigenvalue weighted by Crippen LogP contribution is 2.17. The van der Waals surface area contributed by atoms with E-state index in [9.17, 15) is 14.4 Å². The molecule has 1 rings (SSSR count). The van der Waals surface area contributed by atoms with Crippen molar-refractivity contribution in [1.82, 2.24) is 10.2 Å². The largest absolute Gasteiger partial charge is 0.480 e. The zero-order valence-electron chi connectivity index (χ0n) is 13.7. The van der Waals surface area contributed by atoms with Gasteiger partial charge in [0.2, 0.25) is 5.91 Å². The van der Waals surface area contributed by atoms with Crippen LogP contribution in [-0.2, 0) is 14.3 Å². The second-order valence-electron chi connectivity index (χ2n) is 6.80. The lowest BCUT2D eigenvalue weighted by molar-refractivity contribution is -0.143. The van der Waals surface area contributed by atoms with Crippen LogP contribution < -0.4 is 5.32 Å². The van der Waals surface area contributed by atoms with Crippen LogP contribution in [0.3, 0.4) is 0 Å². The minimum absolute atomic E-state index is 0.254. The van der Waals surface area contributed by atoms with Gasteiger partial charge in [0.1, 0.15) is 11.6 Å². The maximum atomic E-state index is 12.2. The van der Waals surface area contributed by atoms with Crippen LogP contribution in [0.4, 0.5) is 4.79 Å². The first kappa shape index (κ1) is 18.3. The molecule has 1 atom stereocenters. The normalized spacial score (nSPS) is 17.7. The van der Waals surface area contributed by atoms with Gasteiger partial charge in [0.15, 0.2) is 0 Å². The fourth-order valence-electron chi connectivity index (χ4n) is 2.21. The van der Waals surface area contributed by atoms with Gasteiger partial charge >= 0.3 is 12.1 Å². The Morgan fingerprint density at radius 1 is 1.27 bits per heavy atom. The molecule has 0 spiro atoms. The minimum Gasteiger partial charge on any atom is -0.480 e. The molecule has 2 N–H and O–H groups in total. The van der Waals surface area contributed by atoms with Gasteiger partial charge in [-0.2, -0.15) is 0 Å². The molecular formula is C15H26N2O5. The van der Waals surface area contributed by atoms with Crippen LogP contribution in [0.5, 0.6) is 0 Å². The van der Waals surface area contributed by atoms with Crippen LogP contribution in [0.1, 0.15) is 47.0 Å². The number of piperidine rings is 1. The number of likely N-dealkylation sites (tertiary alicyclic amines) is 1. The molecule has 1 aliphatic rings. The number of nitrogens with zero attached hydrogens (tertiary/aromatic N) is 1. The average Bonchev–Trinajstić information content (AvgIpc) is 2.36. The summed E-state index contributed by atoms with van der Waals surface area (Å²) in [5.41, 5.74) is -0.722. The molecule has 7 heteroatoms. The highest BCUT2D eigenvalue weighted by Gasteiger charge is 2.29. The van der Waals surface area contributed by atoms with Gasteiger partial charge in [0, 0.05) is 13.1 Å². The number of carboxylic acid groups (broad SMARTS) is 1. The van der Waals surface area contributed by atoms with Crippen molar-refractivity contribution in [3.63, 3.8) is 0 Å². The molecule has 1 heterocycles. The molecule has 1 aliphatic heterocycles. The summed E-state index contributed by atoms with van der Waals surface area (Å²) in [6, 6.07) is -1.28. The van der Waals surface area contributed by atoms with Crippen LogP contribution in [-0.4, -0.2) is 52.7 Å². The van der Waals surface area contributed by atoms with Gasteiger partial charge in [-0.15, -0.1) is 0 Å². The maximum Gasteiger partial charge on any atom is 0.408 e. The standard InChI is InChI=1S/C15H26N2O5/c1-10-5-7-17(8-6-10)12(18)9-11(13(19)20)16-14(21)22-15(2,3)4/h10-11H,5-9H2,1-4H3,(H,16,21)(H,19,20)/t11-/m1/s1. The van der Waals surface area contributed by atoms with E-state index in [0.29, 0.717) is 19.0 Å². The number of carbonyl (C=O) groups is 3. The molecule has 0 unspecified atom stereocenters. The zero-order chi connectivity index (χ0) is 16.9. The van der Waals surface area contributed by atoms with E-state index in [1.165, 1.54) is 0 Å². The third kappa shape index (κ3) is 6.32. The summed E-state index contributed by atoms with van der Waals surface area (Å²) >= 11 is 0. The number of hydrogen-bond donors (Lipinski definition) is 2. The molecule has 2 amide bonds. The highest BCUT2D eigenvalue weighted by atomic mass is 16.6. The second-order valence-corrected chi connectivity index (χ2v) is 6.80. The topological polar surface area (TPSA) is 95.9 Å². The van der Waals surface area contributed by atoms with Gasteiger partial charge in [-0.05, 0) is 39.5 Å². The van der Waals surface area contributed by atoms with E-state index in [0.717, 1.165) is 12.8 Å². The Hall–Kier alpha value is -1.79. The zero-order valence-corrected chi connectivity index (χ0v) is 13.7. The summed E-state index contributed by atoms with van der Waals surface area (Å²) in [5, 5.41) is 11.4. The summed E-state index contributed by atoms with van der Waals surface area (Å²) in [4.78, 5) is 36.7. The number of hydrogen-bond acceptors (Lipinski definition) is 4. The average molecular weight is 314 g/mol. The van der Waals surface area contributed by atoms with Crippen LogP contribution >= 0.6 is 0 Å². The molecule has 1 saturated heterocycles. The van der Waals surface area contributed by atoms with Gasteiger partial charge in [-0.3, -0.25) is 4.79 Å². The van der Waals surface area contributed by atoms with Crippen molar-refractivity contribution in [2.45, 2.75) is 58.6 Å². The molecule has 0 aliphatic carbocycles. The maximum absolute atomic E-state index is 12.2. The Balaban J connectivity index is 2.55. The number of aliphatic carboxylic acids is 1. The first-order chi connectivity index (χ1) is 10.1. The first-order valence-corrected chi connectivity index (χ1v) is 7.58. The van der Waals surface area contributed by atoms with E-state index in [2.05, 4.69) is 12.2 Å². The number of ether oxygens (including phenoxy) is 1. The molecule has 126 valence electrons. The second kappa shape index (κ2) is 7.47. The Kier molecular flexibility index (Phi) is 6.20. The van der Waals surface area contributed by atoms with Crippen molar-refractivity contribution in [1.29, 1.82) is 0 Å². The Bertz CT molecular complexity index is 422. The van der Waals surface area contributed by atoms with E-state index >= 15 is 0 Å². The van der Waals surface area contributed by atoms with Crippen LogP contribution in [0.25, 0.3) is 0 Å². The number of carbonyl (C=O) groups excluding carboxylic acids is 2. The smallest absolute Gasteiger partial charge is 0.408 e. The number of nitrogens with one attached hydrogen (secondary N) is 1. The van der Waals surface area contributed by atoms with E-state index in [1.807, 2.05) is 0 Å². The van der Waals surface area contributed by atoms with Crippen LogP contribution in [0.15, 0.2) is 0 Å². The lowest BCUT2D eigenvalue weighted by atomic mass is 9.99. The Morgan fingerprint density at radius 2 is 1.82 bits per heavy atom. The molecule has 7 nitrogen and oxygen atoms in total. The first-order valence-electron chi connectivity index (χ1n) is 7.58. The van der Waals surface area contributed by atoms with E-state index in [4.69, 9.17) is 9.84 Å². The van der Waals surface area contributed by atoms with E-state index in [-0.39, 0.29) is 12.3 Å². The Labute approximate surface area is 131 Å². The molecule has 0 aromatic heterocycles. The molecule has 0 aromatic carbocycles. The lowest BCUT2D eigenvalue weighted by Gasteiger charge is -2.31. The summed E-state index contributed by atoms with van der Waals surface area (Å²) in [6.07, 6.45) is 0.745. The van der Waals surface area contributed by atoms with Gasteiger partial charge in [-0.25, -0.2) is 9.59 Å². The molecule has 0 aromatic rings. The number of carboxylic acids is 1. The number of amides is 2. The van der Waals surface area contributed by atoms with Gasteiger partial charge in [0.05, 0.1) is 6.42 Å². The third-order valence-electron chi connectivity index (χ3n) is 3.50. The predicted octanol–water partition coefficient (Wildman–Crippen LogP) is 1.61. The third-order valence-corrected chi connectivity index (χ3v) is 3.50. The van der Waals surface area contributed by atoms with Gasteiger partial charge in [-0.1, -0.05) is 6.92 Å². The molecule has 1 fully saturated rings. The summed E-state index contributed by atoms with van der Waals surface area (Å²) in [5.74, 6) is -0.917. The van der Waals surface area contributed by atoms with Crippen LogP contribution in [0.2, 0.25) is 0 Å². The predicted molar refractivity (Wildman–Crippen MR) is 80.4 cm³/mol. The summed E-state index contributed by atoms with van der Waals surface area (Å²) in [7, 11) is 0. The van der Waals surface area contributed by atoms with Crippen molar-refractivity contribution in [3.8, 4) is 0 Å². The summed E-state index contributed by atoms with van der Waals surface area (Å²) < 4.78 is 5.02. The molecule has 0 bridgehead atoms. The number of alkyl carbamates (subject to hydrolysis) is 1. The van der Waals surface area contributed by atoms with Crippen molar-refractivity contribution in [2.75, 3.05) is 13.1 Å². The molecule has 0 radical (unpaired) electrons. The van der Waals surface area contributed by atoms with Crippen molar-refractivity contribution < 1.29 is 24.2 Å². The fourth-order valence-corrected chi connectivity index (χ4v) is 2.21. The minimum atomic E-state index is -1.28. The van der Waals surface area contributed by atoms with Crippen molar-refractivity contribution in [2.24, 2.45) is 5.92 Å². The molecule has 22 heavy (non-hydrogen) atoms. The van der Waals surface area contributed by atoms with Crippen molar-refractivity contribution in [3.05, 3.63) is 0 Å². The lowest BCUT2D eigenvalue weighted by Crippen LogP contribution is -2.47. The monoisotopic (exact) mass is 314 g/mol.